The van der Waals surface area contributed by atoms with Gasteiger partial charge in [0.15, 0.2) is 0 Å². The summed E-state index contributed by atoms with van der Waals surface area (Å²) in [5, 5.41) is 3.70. The van der Waals surface area contributed by atoms with Crippen LogP contribution in [0.4, 0.5) is 0 Å². The van der Waals surface area contributed by atoms with Crippen molar-refractivity contribution in [3.63, 3.8) is 0 Å². The molecule has 0 aromatic rings. The maximum atomic E-state index is 3.70. The van der Waals surface area contributed by atoms with Crippen molar-refractivity contribution >= 4 is 11.8 Å². The minimum absolute atomic E-state index is 0.824. The number of hydrogen-bond acceptors (Lipinski definition) is 2. The van der Waals surface area contributed by atoms with Gasteiger partial charge >= 0.3 is 0 Å². The Morgan fingerprint density at radius 1 is 1.36 bits per heavy atom. The minimum atomic E-state index is 0.824. The average Bonchev–Trinajstić information content (AvgIpc) is 2.18. The molecular formula is C12H25NS. The van der Waals surface area contributed by atoms with Crippen LogP contribution < -0.4 is 5.32 Å². The summed E-state index contributed by atoms with van der Waals surface area (Å²) in [5.41, 5.74) is 0. The standard InChI is InChI=1S/C12H25NS/c1-3-14-9-5-8-13-12-7-4-6-11(2)10-12/h11-13H,3-10H2,1-2H3. The molecule has 2 atom stereocenters. The van der Waals surface area contributed by atoms with Crippen LogP contribution in [-0.2, 0) is 0 Å². The van der Waals surface area contributed by atoms with E-state index in [1.165, 1.54) is 50.2 Å². The fraction of sp³-hybridized carbons (Fsp3) is 1.00. The molecule has 0 amide bonds. The van der Waals surface area contributed by atoms with E-state index in [4.69, 9.17) is 0 Å². The molecule has 1 fully saturated rings. The Hall–Kier alpha value is 0.310. The van der Waals surface area contributed by atoms with Crippen LogP contribution in [0.5, 0.6) is 0 Å². The zero-order valence-corrected chi connectivity index (χ0v) is 10.5. The molecule has 0 saturated heterocycles. The predicted molar refractivity (Wildman–Crippen MR) is 67.0 cm³/mol. The third kappa shape index (κ3) is 5.26. The van der Waals surface area contributed by atoms with E-state index < -0.39 is 0 Å². The Kier molecular flexibility index (Phi) is 6.70. The zero-order chi connectivity index (χ0) is 10.2. The maximum Gasteiger partial charge on any atom is 0.00696 e. The second-order valence-corrected chi connectivity index (χ2v) is 5.87. The van der Waals surface area contributed by atoms with Crippen molar-refractivity contribution in [2.45, 2.75) is 52.0 Å². The van der Waals surface area contributed by atoms with Crippen LogP contribution in [0.3, 0.4) is 0 Å². The number of thioether (sulfide) groups is 1. The first-order chi connectivity index (χ1) is 6.83. The first-order valence-corrected chi connectivity index (χ1v) is 7.29. The molecule has 0 aromatic heterocycles. The van der Waals surface area contributed by atoms with Crippen LogP contribution in [0.25, 0.3) is 0 Å². The summed E-state index contributed by atoms with van der Waals surface area (Å²) >= 11 is 2.06. The van der Waals surface area contributed by atoms with Gasteiger partial charge in [-0.05, 0) is 43.2 Å². The molecule has 1 aliphatic rings. The fourth-order valence-corrected chi connectivity index (χ4v) is 2.88. The highest BCUT2D eigenvalue weighted by atomic mass is 32.2. The Morgan fingerprint density at radius 3 is 2.93 bits per heavy atom. The Bertz CT molecular complexity index is 138. The molecule has 84 valence electrons. The van der Waals surface area contributed by atoms with Gasteiger partial charge in [-0.2, -0.15) is 11.8 Å². The summed E-state index contributed by atoms with van der Waals surface area (Å²) in [7, 11) is 0. The zero-order valence-electron chi connectivity index (χ0n) is 9.72. The Morgan fingerprint density at radius 2 is 2.21 bits per heavy atom. The molecule has 0 spiro atoms. The molecule has 0 heterocycles. The van der Waals surface area contributed by atoms with E-state index in [0.717, 1.165) is 12.0 Å². The molecule has 1 rings (SSSR count). The van der Waals surface area contributed by atoms with E-state index in [9.17, 15) is 0 Å². The maximum absolute atomic E-state index is 3.70. The molecule has 0 aliphatic heterocycles. The molecule has 1 saturated carbocycles. The predicted octanol–water partition coefficient (Wildman–Crippen LogP) is 3.30. The number of hydrogen-bond donors (Lipinski definition) is 1. The van der Waals surface area contributed by atoms with Gasteiger partial charge in [0, 0.05) is 6.04 Å². The van der Waals surface area contributed by atoms with E-state index in [-0.39, 0.29) is 0 Å². The fourth-order valence-electron chi connectivity index (χ4n) is 2.24. The molecule has 0 radical (unpaired) electrons. The van der Waals surface area contributed by atoms with Gasteiger partial charge in [0.2, 0.25) is 0 Å². The van der Waals surface area contributed by atoms with Crippen LogP contribution in [0.2, 0.25) is 0 Å². The van der Waals surface area contributed by atoms with E-state index in [0.29, 0.717) is 0 Å². The van der Waals surface area contributed by atoms with Gasteiger partial charge in [0.1, 0.15) is 0 Å². The van der Waals surface area contributed by atoms with Gasteiger partial charge in [-0.1, -0.05) is 26.7 Å². The van der Waals surface area contributed by atoms with Crippen LogP contribution in [-0.4, -0.2) is 24.1 Å². The van der Waals surface area contributed by atoms with Crippen LogP contribution in [0.1, 0.15) is 46.0 Å². The van der Waals surface area contributed by atoms with Crippen molar-refractivity contribution in [3.05, 3.63) is 0 Å². The van der Waals surface area contributed by atoms with Crippen LogP contribution in [0, 0.1) is 5.92 Å². The average molecular weight is 215 g/mol. The van der Waals surface area contributed by atoms with Crippen LogP contribution in [0.15, 0.2) is 0 Å². The van der Waals surface area contributed by atoms with Gasteiger partial charge < -0.3 is 5.32 Å². The summed E-state index contributed by atoms with van der Waals surface area (Å²) in [4.78, 5) is 0. The van der Waals surface area contributed by atoms with Crippen molar-refractivity contribution in [2.75, 3.05) is 18.1 Å². The molecule has 2 unspecified atom stereocenters. The first kappa shape index (κ1) is 12.4. The number of nitrogens with one attached hydrogen (secondary N) is 1. The molecule has 2 heteroatoms. The van der Waals surface area contributed by atoms with Crippen molar-refractivity contribution in [2.24, 2.45) is 5.92 Å². The summed E-state index contributed by atoms with van der Waals surface area (Å²) in [6, 6.07) is 0.824. The van der Waals surface area contributed by atoms with E-state index in [1.807, 2.05) is 0 Å². The van der Waals surface area contributed by atoms with Gasteiger partial charge in [-0.15, -0.1) is 0 Å². The minimum Gasteiger partial charge on any atom is -0.314 e. The molecule has 0 aromatic carbocycles. The second kappa shape index (κ2) is 7.58. The summed E-state index contributed by atoms with van der Waals surface area (Å²) in [6.45, 7) is 5.85. The van der Waals surface area contributed by atoms with Gasteiger partial charge in [0.25, 0.3) is 0 Å². The monoisotopic (exact) mass is 215 g/mol. The normalized spacial score (nSPS) is 27.9. The highest BCUT2D eigenvalue weighted by Gasteiger charge is 2.17. The molecule has 0 bridgehead atoms. The SMILES string of the molecule is CCSCCCNC1CCCC(C)C1. The summed E-state index contributed by atoms with van der Waals surface area (Å²) < 4.78 is 0. The largest absolute Gasteiger partial charge is 0.314 e. The lowest BCUT2D eigenvalue weighted by Gasteiger charge is -2.27. The van der Waals surface area contributed by atoms with Gasteiger partial charge in [-0.25, -0.2) is 0 Å². The summed E-state index contributed by atoms with van der Waals surface area (Å²) in [6.07, 6.45) is 7.03. The quantitative estimate of drug-likeness (QED) is 0.682. The molecule has 1 aliphatic carbocycles. The van der Waals surface area contributed by atoms with Gasteiger partial charge in [-0.3, -0.25) is 0 Å². The van der Waals surface area contributed by atoms with Gasteiger partial charge in [0.05, 0.1) is 0 Å². The van der Waals surface area contributed by atoms with Crippen LogP contribution >= 0.6 is 11.8 Å². The van der Waals surface area contributed by atoms with Crippen molar-refractivity contribution in [1.29, 1.82) is 0 Å². The number of rotatable bonds is 6. The lowest BCUT2D eigenvalue weighted by molar-refractivity contribution is 0.302. The highest BCUT2D eigenvalue weighted by Crippen LogP contribution is 2.23. The van der Waals surface area contributed by atoms with Crippen molar-refractivity contribution < 1.29 is 0 Å². The third-order valence-electron chi connectivity index (χ3n) is 3.04. The smallest absolute Gasteiger partial charge is 0.00696 e. The van der Waals surface area contributed by atoms with Crippen molar-refractivity contribution in [1.82, 2.24) is 5.32 Å². The molecular weight excluding hydrogens is 190 g/mol. The molecule has 1 nitrogen and oxygen atoms in total. The lowest BCUT2D eigenvalue weighted by Crippen LogP contribution is -2.34. The topological polar surface area (TPSA) is 12.0 Å². The Labute approximate surface area is 93.4 Å². The molecule has 1 N–H and O–H groups in total. The second-order valence-electron chi connectivity index (χ2n) is 4.47. The van der Waals surface area contributed by atoms with Crippen molar-refractivity contribution in [3.8, 4) is 0 Å². The Balaban J connectivity index is 1.95. The molecule has 14 heavy (non-hydrogen) atoms. The van der Waals surface area contributed by atoms with E-state index in [1.54, 1.807) is 0 Å². The third-order valence-corrected chi connectivity index (χ3v) is 4.02. The van der Waals surface area contributed by atoms with E-state index >= 15 is 0 Å². The highest BCUT2D eigenvalue weighted by molar-refractivity contribution is 7.99. The lowest BCUT2D eigenvalue weighted by atomic mass is 9.87. The first-order valence-electron chi connectivity index (χ1n) is 6.14. The summed E-state index contributed by atoms with van der Waals surface area (Å²) in [5.74, 6) is 3.54. The van der Waals surface area contributed by atoms with E-state index in [2.05, 4.69) is 30.9 Å².